The van der Waals surface area contributed by atoms with Crippen molar-refractivity contribution in [3.63, 3.8) is 0 Å². The first-order chi connectivity index (χ1) is 11.4. The Balaban J connectivity index is 1.49. The molecule has 0 unspecified atom stereocenters. The number of hydrogen-bond acceptors (Lipinski definition) is 7. The number of urea groups is 1. The molecule has 0 bridgehead atoms. The highest BCUT2D eigenvalue weighted by atomic mass is 32.2. The van der Waals surface area contributed by atoms with Crippen molar-refractivity contribution in [2.45, 2.75) is 38.0 Å². The topological polar surface area (TPSA) is 101 Å². The van der Waals surface area contributed by atoms with Gasteiger partial charge in [0, 0.05) is 12.3 Å². The third kappa shape index (κ3) is 3.16. The van der Waals surface area contributed by atoms with Gasteiger partial charge in [0.15, 0.2) is 0 Å². The molecule has 1 aliphatic heterocycles. The van der Waals surface area contributed by atoms with Crippen molar-refractivity contribution < 1.29 is 18.4 Å². The molecular formula is C15H18N4O4S. The van der Waals surface area contributed by atoms with E-state index in [4.69, 9.17) is 8.83 Å². The maximum Gasteiger partial charge on any atom is 0.325 e. The van der Waals surface area contributed by atoms with Gasteiger partial charge in [-0.1, -0.05) is 11.8 Å². The van der Waals surface area contributed by atoms with Crippen molar-refractivity contribution in [2.24, 2.45) is 0 Å². The fraction of sp³-hybridized carbons (Fsp3) is 0.467. The minimum atomic E-state index is -0.825. The summed E-state index contributed by atoms with van der Waals surface area (Å²) in [6, 6.07) is 1.43. The molecule has 0 saturated carbocycles. The first-order valence-electron chi connectivity index (χ1n) is 7.53. The van der Waals surface area contributed by atoms with Crippen molar-refractivity contribution in [3.05, 3.63) is 18.1 Å². The molecule has 3 heterocycles. The number of nitrogens with zero attached hydrogens (tertiary/aromatic N) is 3. The number of carbonyl (C=O) groups is 2. The number of rotatable bonds is 6. The Morgan fingerprint density at radius 1 is 1.33 bits per heavy atom. The minimum Gasteiger partial charge on any atom is -0.469 e. The summed E-state index contributed by atoms with van der Waals surface area (Å²) in [7, 11) is 0. The fourth-order valence-corrected chi connectivity index (χ4v) is 3.07. The Kier molecular flexibility index (Phi) is 4.35. The lowest BCUT2D eigenvalue weighted by Crippen LogP contribution is -2.40. The summed E-state index contributed by atoms with van der Waals surface area (Å²) in [5.74, 6) is 1.59. The van der Waals surface area contributed by atoms with E-state index in [-0.39, 0.29) is 11.9 Å². The van der Waals surface area contributed by atoms with Crippen LogP contribution in [0.2, 0.25) is 0 Å². The second-order valence-corrected chi connectivity index (χ2v) is 7.02. The van der Waals surface area contributed by atoms with Gasteiger partial charge in [-0.3, -0.25) is 9.69 Å². The van der Waals surface area contributed by atoms with E-state index in [1.54, 1.807) is 26.2 Å². The molecule has 24 heavy (non-hydrogen) atoms. The SMILES string of the molecule is Cc1occc1-c1nnc(SCCCN2C(=O)NC(C)(C)C2=O)o1. The Morgan fingerprint density at radius 3 is 2.75 bits per heavy atom. The number of aromatic nitrogens is 2. The quantitative estimate of drug-likeness (QED) is 0.485. The Bertz CT molecular complexity index is 767. The number of hydrogen-bond donors (Lipinski definition) is 1. The summed E-state index contributed by atoms with van der Waals surface area (Å²) in [5, 5.41) is 11.1. The van der Waals surface area contributed by atoms with Crippen LogP contribution in [0.4, 0.5) is 4.79 Å². The van der Waals surface area contributed by atoms with Gasteiger partial charge in [-0.15, -0.1) is 10.2 Å². The van der Waals surface area contributed by atoms with Gasteiger partial charge in [0.05, 0.1) is 11.8 Å². The average molecular weight is 350 g/mol. The summed E-state index contributed by atoms with van der Waals surface area (Å²) < 4.78 is 10.8. The first-order valence-corrected chi connectivity index (χ1v) is 8.52. The minimum absolute atomic E-state index is 0.201. The Morgan fingerprint density at radius 2 is 2.12 bits per heavy atom. The van der Waals surface area contributed by atoms with Crippen LogP contribution in [0.3, 0.4) is 0 Å². The van der Waals surface area contributed by atoms with Crippen LogP contribution in [0, 0.1) is 6.92 Å². The van der Waals surface area contributed by atoms with Gasteiger partial charge in [-0.05, 0) is 33.3 Å². The second kappa shape index (κ2) is 6.31. The number of aryl methyl sites for hydroxylation is 1. The van der Waals surface area contributed by atoms with Gasteiger partial charge in [0.25, 0.3) is 17.0 Å². The van der Waals surface area contributed by atoms with Crippen LogP contribution in [0.5, 0.6) is 0 Å². The van der Waals surface area contributed by atoms with Crippen molar-refractivity contribution in [3.8, 4) is 11.5 Å². The van der Waals surface area contributed by atoms with Crippen LogP contribution in [-0.4, -0.2) is 44.9 Å². The number of amides is 3. The first kappa shape index (κ1) is 16.6. The molecule has 1 N–H and O–H groups in total. The molecule has 3 amide bonds. The highest BCUT2D eigenvalue weighted by Crippen LogP contribution is 2.26. The lowest BCUT2D eigenvalue weighted by molar-refractivity contribution is -0.130. The van der Waals surface area contributed by atoms with E-state index in [0.29, 0.717) is 29.8 Å². The highest BCUT2D eigenvalue weighted by molar-refractivity contribution is 7.99. The summed E-state index contributed by atoms with van der Waals surface area (Å²) >= 11 is 1.39. The lowest BCUT2D eigenvalue weighted by Gasteiger charge is -2.15. The molecule has 0 atom stereocenters. The second-order valence-electron chi connectivity index (χ2n) is 5.98. The maximum atomic E-state index is 12.1. The number of thioether (sulfide) groups is 1. The zero-order valence-electron chi connectivity index (χ0n) is 13.7. The molecule has 128 valence electrons. The molecule has 1 aliphatic rings. The molecule has 1 saturated heterocycles. The van der Waals surface area contributed by atoms with Crippen LogP contribution in [0.1, 0.15) is 26.0 Å². The van der Waals surface area contributed by atoms with E-state index in [1.165, 1.54) is 16.7 Å². The van der Waals surface area contributed by atoms with E-state index in [0.717, 1.165) is 11.3 Å². The van der Waals surface area contributed by atoms with Crippen molar-refractivity contribution in [2.75, 3.05) is 12.3 Å². The Labute approximate surface area is 143 Å². The molecule has 2 aromatic rings. The van der Waals surface area contributed by atoms with Crippen LogP contribution >= 0.6 is 11.8 Å². The molecule has 9 heteroatoms. The van der Waals surface area contributed by atoms with Gasteiger partial charge >= 0.3 is 6.03 Å². The van der Waals surface area contributed by atoms with E-state index in [9.17, 15) is 9.59 Å². The number of furan rings is 1. The molecule has 3 rings (SSSR count). The van der Waals surface area contributed by atoms with Gasteiger partial charge < -0.3 is 14.2 Å². The molecule has 1 fully saturated rings. The smallest absolute Gasteiger partial charge is 0.325 e. The molecular weight excluding hydrogens is 332 g/mol. The lowest BCUT2D eigenvalue weighted by atomic mass is 10.1. The number of imide groups is 1. The number of carbonyl (C=O) groups excluding carboxylic acids is 2. The van der Waals surface area contributed by atoms with Gasteiger partial charge in [-0.2, -0.15) is 0 Å². The van der Waals surface area contributed by atoms with E-state index in [2.05, 4.69) is 15.5 Å². The Hall–Kier alpha value is -2.29. The van der Waals surface area contributed by atoms with E-state index >= 15 is 0 Å². The summed E-state index contributed by atoms with van der Waals surface area (Å²) in [6.45, 7) is 5.58. The van der Waals surface area contributed by atoms with Crippen molar-refractivity contribution in [1.82, 2.24) is 20.4 Å². The summed E-state index contributed by atoms with van der Waals surface area (Å²) in [4.78, 5) is 25.1. The summed E-state index contributed by atoms with van der Waals surface area (Å²) in [5.41, 5.74) is -0.0513. The van der Waals surface area contributed by atoms with Gasteiger partial charge in [0.1, 0.15) is 11.3 Å². The standard InChI is InChI=1S/C15H18N4O4S/c1-9-10(5-7-22-9)11-17-18-14(23-11)24-8-4-6-19-12(20)15(2,3)16-13(19)21/h5,7H,4,6,8H2,1-3H3,(H,16,21). The monoisotopic (exact) mass is 350 g/mol. The maximum absolute atomic E-state index is 12.1. The van der Waals surface area contributed by atoms with Crippen molar-refractivity contribution in [1.29, 1.82) is 0 Å². The highest BCUT2D eigenvalue weighted by Gasteiger charge is 2.43. The van der Waals surface area contributed by atoms with Gasteiger partial charge in [-0.25, -0.2) is 4.79 Å². The van der Waals surface area contributed by atoms with Gasteiger partial charge in [0.2, 0.25) is 0 Å². The zero-order chi connectivity index (χ0) is 17.3. The zero-order valence-corrected chi connectivity index (χ0v) is 14.5. The van der Waals surface area contributed by atoms with Crippen LogP contribution in [0.25, 0.3) is 11.5 Å². The predicted octanol–water partition coefficient (Wildman–Crippen LogP) is 2.45. The van der Waals surface area contributed by atoms with Crippen LogP contribution < -0.4 is 5.32 Å². The third-order valence-corrected chi connectivity index (χ3v) is 4.60. The molecule has 0 aromatic carbocycles. The average Bonchev–Trinajstić information content (AvgIpc) is 3.18. The molecule has 2 aromatic heterocycles. The predicted molar refractivity (Wildman–Crippen MR) is 86.4 cm³/mol. The molecule has 0 aliphatic carbocycles. The van der Waals surface area contributed by atoms with Crippen molar-refractivity contribution >= 4 is 23.7 Å². The normalized spacial score (nSPS) is 16.7. The van der Waals surface area contributed by atoms with Crippen LogP contribution in [0.15, 0.2) is 26.4 Å². The molecule has 0 radical (unpaired) electrons. The molecule has 8 nitrogen and oxygen atoms in total. The number of nitrogens with one attached hydrogen (secondary N) is 1. The fourth-order valence-electron chi connectivity index (χ4n) is 2.39. The van der Waals surface area contributed by atoms with E-state index < -0.39 is 5.54 Å². The molecule has 0 spiro atoms. The summed E-state index contributed by atoms with van der Waals surface area (Å²) in [6.07, 6.45) is 2.21. The largest absolute Gasteiger partial charge is 0.469 e. The third-order valence-electron chi connectivity index (χ3n) is 3.69. The van der Waals surface area contributed by atoms with Crippen LogP contribution in [-0.2, 0) is 4.79 Å². The van der Waals surface area contributed by atoms with E-state index in [1.807, 2.05) is 6.92 Å².